The van der Waals surface area contributed by atoms with Gasteiger partial charge in [0.05, 0.1) is 18.7 Å². The summed E-state index contributed by atoms with van der Waals surface area (Å²) in [5, 5.41) is 23.7. The molecule has 1 aliphatic heterocycles. The SMILES string of the molecule is COc1cc(C2N=C(NC#N)Nc3nc(N)c(C#N)c(N)c32)ccc1OC(=O)C1CC1. The van der Waals surface area contributed by atoms with Crippen molar-refractivity contribution in [3.63, 3.8) is 0 Å². The molecule has 1 unspecified atom stereocenters. The van der Waals surface area contributed by atoms with E-state index in [0.717, 1.165) is 12.8 Å². The molecule has 0 bridgehead atoms. The number of hydrogen-bond acceptors (Lipinski definition) is 11. The van der Waals surface area contributed by atoms with Crippen LogP contribution in [-0.4, -0.2) is 24.0 Å². The summed E-state index contributed by atoms with van der Waals surface area (Å²) < 4.78 is 10.8. The number of nitriles is 2. The van der Waals surface area contributed by atoms with Gasteiger partial charge in [-0.25, -0.2) is 9.98 Å². The van der Waals surface area contributed by atoms with E-state index < -0.39 is 6.04 Å². The molecule has 2 aliphatic rings. The van der Waals surface area contributed by atoms with E-state index in [-0.39, 0.29) is 46.5 Å². The molecule has 11 nitrogen and oxygen atoms in total. The number of carbonyl (C=O) groups excluding carboxylic acids is 1. The molecular weight excluding hydrogens is 400 g/mol. The summed E-state index contributed by atoms with van der Waals surface area (Å²) in [6.07, 6.45) is 3.44. The second kappa shape index (κ2) is 7.72. The van der Waals surface area contributed by atoms with Crippen LogP contribution >= 0.6 is 0 Å². The van der Waals surface area contributed by atoms with Gasteiger partial charge in [-0.15, -0.1) is 0 Å². The van der Waals surface area contributed by atoms with Crippen molar-refractivity contribution in [3.05, 3.63) is 34.9 Å². The zero-order valence-corrected chi connectivity index (χ0v) is 16.5. The monoisotopic (exact) mass is 418 g/mol. The van der Waals surface area contributed by atoms with Gasteiger partial charge in [0.1, 0.15) is 29.3 Å². The molecule has 2 aromatic rings. The average molecular weight is 418 g/mol. The first kappa shape index (κ1) is 19.8. The Morgan fingerprint density at radius 1 is 1.29 bits per heavy atom. The first-order valence-electron chi connectivity index (χ1n) is 9.35. The summed E-state index contributed by atoms with van der Waals surface area (Å²) in [5.74, 6) is 0.638. The van der Waals surface area contributed by atoms with Gasteiger partial charge in [0, 0.05) is 5.56 Å². The number of methoxy groups -OCH3 is 1. The van der Waals surface area contributed by atoms with E-state index in [4.69, 9.17) is 26.2 Å². The number of benzene rings is 1. The van der Waals surface area contributed by atoms with Gasteiger partial charge in [-0.1, -0.05) is 6.07 Å². The van der Waals surface area contributed by atoms with E-state index in [0.29, 0.717) is 16.9 Å². The van der Waals surface area contributed by atoms with Crippen LogP contribution in [-0.2, 0) is 4.79 Å². The topological polar surface area (TPSA) is 184 Å². The van der Waals surface area contributed by atoms with E-state index in [1.807, 2.05) is 6.07 Å². The lowest BCUT2D eigenvalue weighted by Crippen LogP contribution is -2.32. The van der Waals surface area contributed by atoms with Crippen LogP contribution in [0.15, 0.2) is 23.2 Å². The van der Waals surface area contributed by atoms with E-state index in [1.165, 1.54) is 7.11 Å². The largest absolute Gasteiger partial charge is 0.493 e. The van der Waals surface area contributed by atoms with E-state index in [1.54, 1.807) is 24.4 Å². The second-order valence-corrected chi connectivity index (χ2v) is 7.01. The normalized spacial score (nSPS) is 16.6. The van der Waals surface area contributed by atoms with Gasteiger partial charge in [-0.3, -0.25) is 10.1 Å². The molecule has 1 aliphatic carbocycles. The maximum absolute atomic E-state index is 12.0. The van der Waals surface area contributed by atoms with Gasteiger partial charge in [0.2, 0.25) is 5.96 Å². The first-order valence-corrected chi connectivity index (χ1v) is 9.35. The molecular formula is C20H18N8O3. The molecule has 6 N–H and O–H groups in total. The minimum Gasteiger partial charge on any atom is -0.493 e. The van der Waals surface area contributed by atoms with Crippen LogP contribution in [0.5, 0.6) is 11.5 Å². The Morgan fingerprint density at radius 2 is 2.06 bits per heavy atom. The first-order chi connectivity index (χ1) is 15.0. The molecule has 1 aromatic heterocycles. The summed E-state index contributed by atoms with van der Waals surface area (Å²) in [6.45, 7) is 0. The van der Waals surface area contributed by atoms with Crippen molar-refractivity contribution in [2.24, 2.45) is 10.9 Å². The number of nitrogen functional groups attached to an aromatic ring is 2. The van der Waals surface area contributed by atoms with Crippen molar-refractivity contribution in [1.82, 2.24) is 10.3 Å². The van der Waals surface area contributed by atoms with Gasteiger partial charge in [0.25, 0.3) is 0 Å². The molecule has 1 fully saturated rings. The van der Waals surface area contributed by atoms with Gasteiger partial charge >= 0.3 is 5.97 Å². The number of hydrogen-bond donors (Lipinski definition) is 4. The number of pyridine rings is 1. The van der Waals surface area contributed by atoms with Gasteiger partial charge < -0.3 is 26.3 Å². The highest BCUT2D eigenvalue weighted by atomic mass is 16.6. The Hall–Kier alpha value is -4.51. The van der Waals surface area contributed by atoms with E-state index in [9.17, 15) is 10.1 Å². The third kappa shape index (κ3) is 3.60. The van der Waals surface area contributed by atoms with Crippen molar-refractivity contribution in [2.75, 3.05) is 23.9 Å². The Kier molecular flexibility index (Phi) is 4.93. The van der Waals surface area contributed by atoms with Gasteiger partial charge in [0.15, 0.2) is 17.7 Å². The predicted octanol–water partition coefficient (Wildman–Crippen LogP) is 1.38. The third-order valence-electron chi connectivity index (χ3n) is 4.98. The zero-order valence-electron chi connectivity index (χ0n) is 16.5. The molecule has 11 heteroatoms. The highest BCUT2D eigenvalue weighted by Gasteiger charge is 2.33. The molecule has 0 saturated heterocycles. The number of nitrogens with zero attached hydrogens (tertiary/aromatic N) is 4. The van der Waals surface area contributed by atoms with Crippen molar-refractivity contribution >= 4 is 29.3 Å². The number of guanidine groups is 1. The molecule has 31 heavy (non-hydrogen) atoms. The number of esters is 1. The van der Waals surface area contributed by atoms with Crippen LogP contribution in [0.25, 0.3) is 0 Å². The second-order valence-electron chi connectivity index (χ2n) is 7.01. The molecule has 4 rings (SSSR count). The molecule has 156 valence electrons. The van der Waals surface area contributed by atoms with Crippen molar-refractivity contribution < 1.29 is 14.3 Å². The Labute approximate surface area is 177 Å². The number of aliphatic imine (C=N–C) groups is 1. The highest BCUT2D eigenvalue weighted by Crippen LogP contribution is 2.42. The van der Waals surface area contributed by atoms with Gasteiger partial charge in [-0.05, 0) is 30.5 Å². The number of anilines is 3. The molecule has 1 atom stereocenters. The zero-order chi connectivity index (χ0) is 22.1. The summed E-state index contributed by atoms with van der Waals surface area (Å²) in [6, 6.07) is 6.19. The van der Waals surface area contributed by atoms with Crippen molar-refractivity contribution in [1.29, 1.82) is 10.5 Å². The van der Waals surface area contributed by atoms with Crippen LogP contribution < -0.4 is 31.6 Å². The number of carbonyl (C=O) groups is 1. The Balaban J connectivity index is 1.80. The fourth-order valence-corrected chi connectivity index (χ4v) is 3.27. The number of ether oxygens (including phenoxy) is 2. The fraction of sp³-hybridized carbons (Fsp3) is 0.250. The fourth-order valence-electron chi connectivity index (χ4n) is 3.27. The molecule has 0 amide bonds. The maximum Gasteiger partial charge on any atom is 0.314 e. The Bertz CT molecular complexity index is 1190. The lowest BCUT2D eigenvalue weighted by atomic mass is 9.95. The summed E-state index contributed by atoms with van der Waals surface area (Å²) in [5.41, 5.74) is 13.3. The average Bonchev–Trinajstić information content (AvgIpc) is 3.59. The van der Waals surface area contributed by atoms with Crippen LogP contribution in [0.4, 0.5) is 17.3 Å². The highest BCUT2D eigenvalue weighted by molar-refractivity contribution is 5.98. The number of aromatic nitrogens is 1. The number of nitrogens with two attached hydrogens (primary N) is 2. The third-order valence-corrected chi connectivity index (χ3v) is 4.98. The van der Waals surface area contributed by atoms with Crippen LogP contribution in [0.2, 0.25) is 0 Å². The molecule has 1 saturated carbocycles. The van der Waals surface area contributed by atoms with Gasteiger partial charge in [-0.2, -0.15) is 10.5 Å². The van der Waals surface area contributed by atoms with Crippen molar-refractivity contribution in [3.8, 4) is 23.8 Å². The molecule has 0 spiro atoms. The van der Waals surface area contributed by atoms with Crippen molar-refractivity contribution in [2.45, 2.75) is 18.9 Å². The lowest BCUT2D eigenvalue weighted by Gasteiger charge is -2.26. The minimum absolute atomic E-state index is 0.0388. The van der Waals surface area contributed by atoms with E-state index in [2.05, 4.69) is 20.6 Å². The van der Waals surface area contributed by atoms with E-state index >= 15 is 0 Å². The van der Waals surface area contributed by atoms with Crippen LogP contribution in [0, 0.1) is 28.7 Å². The number of fused-ring (bicyclic) bond motifs is 1. The number of rotatable bonds is 4. The molecule has 0 radical (unpaired) electrons. The quantitative estimate of drug-likeness (QED) is 0.245. The van der Waals surface area contributed by atoms with Crippen LogP contribution in [0.3, 0.4) is 0 Å². The Morgan fingerprint density at radius 3 is 2.71 bits per heavy atom. The minimum atomic E-state index is -0.727. The standard InChI is InChI=1S/C20H18N8O3/c1-30-13-6-10(4-5-12(13)31-19(29)9-2-3-9)16-14-15(23)11(7-21)17(24)27-18(14)28-20(26-16)25-8-22/h4-6,9,16H,2-3H2,1H3,(H6,23,24,25,26,27,28). The maximum atomic E-state index is 12.0. The van der Waals surface area contributed by atoms with Crippen LogP contribution in [0.1, 0.15) is 35.6 Å². The molecule has 1 aromatic carbocycles. The molecule has 2 heterocycles. The number of nitrogens with one attached hydrogen (secondary N) is 2. The lowest BCUT2D eigenvalue weighted by molar-refractivity contribution is -0.135. The smallest absolute Gasteiger partial charge is 0.314 e. The summed E-state index contributed by atoms with van der Waals surface area (Å²) >= 11 is 0. The summed E-state index contributed by atoms with van der Waals surface area (Å²) in [4.78, 5) is 20.7. The summed E-state index contributed by atoms with van der Waals surface area (Å²) in [7, 11) is 1.46. The predicted molar refractivity (Wildman–Crippen MR) is 111 cm³/mol.